The highest BCUT2D eigenvalue weighted by atomic mass is 127. The third kappa shape index (κ3) is 6.07. The molecule has 3 N–H and O–H groups in total. The summed E-state index contributed by atoms with van der Waals surface area (Å²) < 4.78 is 0. The minimum absolute atomic E-state index is 0. The van der Waals surface area contributed by atoms with Crippen molar-refractivity contribution in [2.24, 2.45) is 10.4 Å². The molecule has 22 heavy (non-hydrogen) atoms. The zero-order valence-electron chi connectivity index (χ0n) is 13.9. The average molecular weight is 441 g/mol. The highest BCUT2D eigenvalue weighted by Gasteiger charge is 2.35. The summed E-state index contributed by atoms with van der Waals surface area (Å²) >= 11 is 2.02. The number of aliphatic hydroxyl groups excluding tert-OH is 1. The van der Waals surface area contributed by atoms with E-state index >= 15 is 0 Å². The largest absolute Gasteiger partial charge is 0.392 e. The van der Waals surface area contributed by atoms with Crippen LogP contribution in [0, 0.1) is 5.41 Å². The molecule has 1 saturated heterocycles. The van der Waals surface area contributed by atoms with Crippen molar-refractivity contribution in [2.75, 3.05) is 24.6 Å². The monoisotopic (exact) mass is 441 g/mol. The molecule has 0 aromatic rings. The van der Waals surface area contributed by atoms with E-state index < -0.39 is 0 Å². The minimum Gasteiger partial charge on any atom is -0.392 e. The lowest BCUT2D eigenvalue weighted by Gasteiger charge is -2.37. The van der Waals surface area contributed by atoms with E-state index in [1.807, 2.05) is 11.8 Å². The fourth-order valence-electron chi connectivity index (χ4n) is 3.19. The van der Waals surface area contributed by atoms with E-state index in [4.69, 9.17) is 4.99 Å². The number of hydrogen-bond acceptors (Lipinski definition) is 3. The second-order valence-corrected chi connectivity index (χ2v) is 7.82. The molecule has 0 aromatic carbocycles. The molecule has 1 aliphatic heterocycles. The normalized spacial score (nSPS) is 33.0. The number of rotatable bonds is 4. The van der Waals surface area contributed by atoms with E-state index in [9.17, 15) is 5.11 Å². The smallest absolute Gasteiger partial charge is 0.191 e. The molecule has 1 heterocycles. The predicted molar refractivity (Wildman–Crippen MR) is 107 cm³/mol. The number of nitrogens with one attached hydrogen (secondary N) is 2. The number of nitrogens with zero attached hydrogens (tertiary/aromatic N) is 1. The van der Waals surface area contributed by atoms with Crippen LogP contribution in [0.3, 0.4) is 0 Å². The van der Waals surface area contributed by atoms with Gasteiger partial charge in [0.1, 0.15) is 0 Å². The molecule has 130 valence electrons. The number of thioether (sulfide) groups is 1. The van der Waals surface area contributed by atoms with Crippen molar-refractivity contribution in [3.63, 3.8) is 0 Å². The van der Waals surface area contributed by atoms with Crippen LogP contribution in [0.4, 0.5) is 0 Å². The van der Waals surface area contributed by atoms with E-state index in [0.717, 1.165) is 31.8 Å². The maximum atomic E-state index is 10.3. The fraction of sp³-hybridized carbons (Fsp3) is 0.938. The molecule has 2 aliphatic rings. The van der Waals surface area contributed by atoms with Crippen molar-refractivity contribution in [2.45, 2.75) is 64.5 Å². The van der Waals surface area contributed by atoms with Crippen molar-refractivity contribution in [1.82, 2.24) is 10.6 Å². The number of aliphatic hydroxyl groups is 1. The van der Waals surface area contributed by atoms with Gasteiger partial charge in [-0.05, 0) is 38.4 Å². The molecule has 0 spiro atoms. The van der Waals surface area contributed by atoms with Crippen LogP contribution in [0.1, 0.15) is 52.4 Å². The van der Waals surface area contributed by atoms with Gasteiger partial charge in [0.05, 0.1) is 12.6 Å². The van der Waals surface area contributed by atoms with Gasteiger partial charge < -0.3 is 15.7 Å². The third-order valence-electron chi connectivity index (χ3n) is 4.72. The third-order valence-corrected chi connectivity index (χ3v) is 5.94. The van der Waals surface area contributed by atoms with Gasteiger partial charge in [-0.15, -0.1) is 24.0 Å². The first-order chi connectivity index (χ1) is 10.1. The van der Waals surface area contributed by atoms with E-state index in [2.05, 4.69) is 24.5 Å². The lowest BCUT2D eigenvalue weighted by Crippen LogP contribution is -2.46. The van der Waals surface area contributed by atoms with Crippen LogP contribution in [-0.4, -0.2) is 47.8 Å². The summed E-state index contributed by atoms with van der Waals surface area (Å²) in [5.41, 5.74) is -0.0537. The van der Waals surface area contributed by atoms with Crippen molar-refractivity contribution in [1.29, 1.82) is 0 Å². The van der Waals surface area contributed by atoms with Crippen LogP contribution in [0.2, 0.25) is 0 Å². The molecule has 3 unspecified atom stereocenters. The summed E-state index contributed by atoms with van der Waals surface area (Å²) in [7, 11) is 0. The molecule has 0 aromatic heterocycles. The predicted octanol–water partition coefficient (Wildman–Crippen LogP) is 3.00. The van der Waals surface area contributed by atoms with Crippen LogP contribution >= 0.6 is 35.7 Å². The average Bonchev–Trinajstić information content (AvgIpc) is 2.50. The van der Waals surface area contributed by atoms with Crippen molar-refractivity contribution in [3.8, 4) is 0 Å². The maximum Gasteiger partial charge on any atom is 0.191 e. The van der Waals surface area contributed by atoms with Gasteiger partial charge in [0, 0.05) is 23.8 Å². The van der Waals surface area contributed by atoms with Gasteiger partial charge in [-0.2, -0.15) is 11.8 Å². The summed E-state index contributed by atoms with van der Waals surface area (Å²) in [6.07, 6.45) is 6.69. The van der Waals surface area contributed by atoms with Crippen LogP contribution in [0.5, 0.6) is 0 Å². The van der Waals surface area contributed by atoms with Gasteiger partial charge in [-0.1, -0.05) is 19.8 Å². The van der Waals surface area contributed by atoms with Gasteiger partial charge in [-0.25, -0.2) is 0 Å². The first kappa shape index (κ1) is 20.4. The van der Waals surface area contributed by atoms with Gasteiger partial charge in [0.25, 0.3) is 0 Å². The molecule has 2 rings (SSSR count). The Morgan fingerprint density at radius 3 is 2.77 bits per heavy atom. The molecular formula is C16H32IN3OS. The highest BCUT2D eigenvalue weighted by molar-refractivity contribution is 14.0. The first-order valence-corrected chi connectivity index (χ1v) is 9.60. The van der Waals surface area contributed by atoms with Crippen LogP contribution < -0.4 is 10.6 Å². The molecule has 0 amide bonds. The highest BCUT2D eigenvalue weighted by Crippen LogP contribution is 2.36. The zero-order chi connectivity index (χ0) is 15.1. The molecular weight excluding hydrogens is 409 g/mol. The fourth-order valence-corrected chi connectivity index (χ4v) is 4.27. The summed E-state index contributed by atoms with van der Waals surface area (Å²) in [5.74, 6) is 3.38. The second-order valence-electron chi connectivity index (χ2n) is 6.67. The number of aliphatic imine (C=N–C) groups is 1. The summed E-state index contributed by atoms with van der Waals surface area (Å²) in [6, 6.07) is 0.533. The van der Waals surface area contributed by atoms with Gasteiger partial charge >= 0.3 is 0 Å². The van der Waals surface area contributed by atoms with Gasteiger partial charge in [-0.3, -0.25) is 4.99 Å². The lowest BCUT2D eigenvalue weighted by molar-refractivity contribution is 0.00716. The Kier molecular flexibility index (Phi) is 9.47. The second kappa shape index (κ2) is 10.2. The Morgan fingerprint density at radius 2 is 2.14 bits per heavy atom. The Hall–Kier alpha value is 0.310. The first-order valence-electron chi connectivity index (χ1n) is 8.45. The molecule has 3 atom stereocenters. The van der Waals surface area contributed by atoms with Crippen molar-refractivity contribution < 1.29 is 5.11 Å². The SMILES string of the molecule is CCNC(=NCC1(C)CCCCC1O)NC1CCCSC1.I. The van der Waals surface area contributed by atoms with E-state index in [-0.39, 0.29) is 35.5 Å². The molecule has 1 aliphatic carbocycles. The Labute approximate surface area is 156 Å². The Balaban J connectivity index is 0.00000242. The zero-order valence-corrected chi connectivity index (χ0v) is 17.1. The summed E-state index contributed by atoms with van der Waals surface area (Å²) in [5, 5.41) is 17.2. The maximum absolute atomic E-state index is 10.3. The van der Waals surface area contributed by atoms with Crippen LogP contribution in [-0.2, 0) is 0 Å². The molecule has 1 saturated carbocycles. The van der Waals surface area contributed by atoms with Crippen LogP contribution in [0.15, 0.2) is 4.99 Å². The van der Waals surface area contributed by atoms with Gasteiger partial charge in [0.2, 0.25) is 0 Å². The molecule has 2 fully saturated rings. The number of halogens is 1. The number of guanidine groups is 1. The molecule has 6 heteroatoms. The van der Waals surface area contributed by atoms with E-state index in [0.29, 0.717) is 12.6 Å². The van der Waals surface area contributed by atoms with Crippen molar-refractivity contribution >= 4 is 41.7 Å². The van der Waals surface area contributed by atoms with E-state index in [1.165, 1.54) is 30.8 Å². The topological polar surface area (TPSA) is 56.7 Å². The Bertz CT molecular complexity index is 350. The molecule has 0 bridgehead atoms. The van der Waals surface area contributed by atoms with Crippen LogP contribution in [0.25, 0.3) is 0 Å². The number of hydrogen-bond donors (Lipinski definition) is 3. The minimum atomic E-state index is -0.205. The standard InChI is InChI=1S/C16H31N3OS.HI/c1-3-17-15(19-13-7-6-10-21-11-13)18-12-16(2)9-5-4-8-14(16)20;/h13-14,20H,3-12H2,1-2H3,(H2,17,18,19);1H. The van der Waals surface area contributed by atoms with Crippen molar-refractivity contribution in [3.05, 3.63) is 0 Å². The Morgan fingerprint density at radius 1 is 1.32 bits per heavy atom. The van der Waals surface area contributed by atoms with Gasteiger partial charge in [0.15, 0.2) is 5.96 Å². The molecule has 4 nitrogen and oxygen atoms in total. The quantitative estimate of drug-likeness (QED) is 0.357. The molecule has 0 radical (unpaired) electrons. The lowest BCUT2D eigenvalue weighted by atomic mass is 9.73. The van der Waals surface area contributed by atoms with E-state index in [1.54, 1.807) is 0 Å². The summed E-state index contributed by atoms with van der Waals surface area (Å²) in [6.45, 7) is 5.87. The summed E-state index contributed by atoms with van der Waals surface area (Å²) in [4.78, 5) is 4.78.